The molecule has 2 aliphatic rings. The molecule has 0 bridgehead atoms. The van der Waals surface area contributed by atoms with Crippen LogP contribution < -0.4 is 5.32 Å². The number of rotatable bonds is 2. The average Bonchev–Trinajstić information content (AvgIpc) is 2.77. The Kier molecular flexibility index (Phi) is 4.47. The van der Waals surface area contributed by atoms with Crippen LogP contribution in [0.1, 0.15) is 54.2 Å². The van der Waals surface area contributed by atoms with Gasteiger partial charge >= 0.3 is 5.97 Å². The predicted octanol–water partition coefficient (Wildman–Crippen LogP) is 5.94. The molecule has 0 aromatic heterocycles. The highest BCUT2D eigenvalue weighted by Crippen LogP contribution is 2.51. The van der Waals surface area contributed by atoms with Gasteiger partial charge in [0.05, 0.1) is 18.7 Å². The molecule has 4 nitrogen and oxygen atoms in total. The Balaban J connectivity index is 1.71. The molecule has 5 rings (SSSR count). The maximum Gasteiger partial charge on any atom is 0.337 e. The Hall–Kier alpha value is -3.40. The number of Topliss-reactive ketones (excluding diaryl/α,β-unsaturated/α-hetero) is 1. The van der Waals surface area contributed by atoms with Gasteiger partial charge in [-0.15, -0.1) is 0 Å². The zero-order chi connectivity index (χ0) is 21.8. The van der Waals surface area contributed by atoms with Crippen LogP contribution in [0, 0.1) is 5.41 Å². The first-order valence-electron chi connectivity index (χ1n) is 10.6. The monoisotopic (exact) mass is 411 g/mol. The second kappa shape index (κ2) is 7.09. The molecule has 0 saturated carbocycles. The summed E-state index contributed by atoms with van der Waals surface area (Å²) in [6.45, 7) is 4.31. The van der Waals surface area contributed by atoms with E-state index in [-0.39, 0.29) is 23.2 Å². The van der Waals surface area contributed by atoms with Crippen LogP contribution >= 0.6 is 0 Å². The second-order valence-corrected chi connectivity index (χ2v) is 9.24. The van der Waals surface area contributed by atoms with Crippen LogP contribution in [-0.4, -0.2) is 18.9 Å². The highest BCUT2D eigenvalue weighted by molar-refractivity contribution is 6.28. The van der Waals surface area contributed by atoms with Gasteiger partial charge in [0.2, 0.25) is 0 Å². The summed E-state index contributed by atoms with van der Waals surface area (Å²) in [5.74, 6) is -0.143. The lowest BCUT2D eigenvalue weighted by molar-refractivity contribution is -0.116. The van der Waals surface area contributed by atoms with Crippen LogP contribution in [0.4, 0.5) is 5.69 Å². The predicted molar refractivity (Wildman–Crippen MR) is 123 cm³/mol. The highest BCUT2D eigenvalue weighted by Gasteiger charge is 2.40. The standard InChI is InChI=1S/C27H25NO3/c1-27(2)14-20-24(22(29)15-27)23-19-7-5-4-6-16(19)12-13-21(23)28-25(20)17-8-10-18(11-9-17)26(30)31-3/h4-13,25,28H,14-15H2,1-3H3. The van der Waals surface area contributed by atoms with Crippen molar-refractivity contribution < 1.29 is 14.3 Å². The molecule has 0 spiro atoms. The molecule has 0 fully saturated rings. The molecule has 1 aliphatic carbocycles. The Morgan fingerprint density at radius 2 is 1.74 bits per heavy atom. The Labute approximate surface area is 181 Å². The number of carbonyl (C=O) groups excluding carboxylic acids is 2. The van der Waals surface area contributed by atoms with Crippen molar-refractivity contribution in [2.75, 3.05) is 12.4 Å². The summed E-state index contributed by atoms with van der Waals surface area (Å²) in [6, 6.07) is 19.8. The second-order valence-electron chi connectivity index (χ2n) is 9.24. The van der Waals surface area contributed by atoms with Gasteiger partial charge in [-0.3, -0.25) is 4.79 Å². The summed E-state index contributed by atoms with van der Waals surface area (Å²) in [7, 11) is 1.38. The molecule has 1 atom stereocenters. The maximum absolute atomic E-state index is 13.5. The van der Waals surface area contributed by atoms with Gasteiger partial charge < -0.3 is 10.1 Å². The van der Waals surface area contributed by atoms with Crippen molar-refractivity contribution in [3.8, 4) is 0 Å². The number of anilines is 1. The summed E-state index contributed by atoms with van der Waals surface area (Å²) in [4.78, 5) is 25.3. The van der Waals surface area contributed by atoms with Crippen molar-refractivity contribution in [3.05, 3.63) is 82.9 Å². The molecular formula is C27H25NO3. The molecule has 1 N–H and O–H groups in total. The molecule has 0 radical (unpaired) electrons. The first kappa shape index (κ1) is 19.6. The lowest BCUT2D eigenvalue weighted by Gasteiger charge is -2.40. The maximum atomic E-state index is 13.5. The molecule has 31 heavy (non-hydrogen) atoms. The van der Waals surface area contributed by atoms with E-state index in [4.69, 9.17) is 4.74 Å². The van der Waals surface area contributed by atoms with Crippen molar-refractivity contribution in [1.82, 2.24) is 0 Å². The van der Waals surface area contributed by atoms with E-state index in [0.29, 0.717) is 12.0 Å². The van der Waals surface area contributed by atoms with E-state index in [1.165, 1.54) is 7.11 Å². The van der Waals surface area contributed by atoms with Gasteiger partial charge in [0, 0.05) is 23.2 Å². The number of ether oxygens (including phenoxy) is 1. The summed E-state index contributed by atoms with van der Waals surface area (Å²) < 4.78 is 4.83. The van der Waals surface area contributed by atoms with Gasteiger partial charge in [-0.25, -0.2) is 4.79 Å². The van der Waals surface area contributed by atoms with Crippen molar-refractivity contribution >= 4 is 33.8 Å². The number of benzene rings is 3. The van der Waals surface area contributed by atoms with Gasteiger partial charge in [0.25, 0.3) is 0 Å². The molecule has 3 aromatic rings. The number of allylic oxidation sites excluding steroid dienone is 1. The quantitative estimate of drug-likeness (QED) is 0.531. The van der Waals surface area contributed by atoms with E-state index in [0.717, 1.165) is 45.2 Å². The highest BCUT2D eigenvalue weighted by atomic mass is 16.5. The van der Waals surface area contributed by atoms with Crippen LogP contribution in [-0.2, 0) is 9.53 Å². The van der Waals surface area contributed by atoms with E-state index in [1.54, 1.807) is 12.1 Å². The number of hydrogen-bond donors (Lipinski definition) is 1. The van der Waals surface area contributed by atoms with Crippen LogP contribution in [0.15, 0.2) is 66.2 Å². The number of methoxy groups -OCH3 is 1. The minimum absolute atomic E-state index is 0.0934. The molecule has 0 amide bonds. The van der Waals surface area contributed by atoms with Crippen LogP contribution in [0.2, 0.25) is 0 Å². The van der Waals surface area contributed by atoms with Crippen molar-refractivity contribution in [2.24, 2.45) is 5.41 Å². The number of nitrogens with one attached hydrogen (secondary N) is 1. The molecular weight excluding hydrogens is 386 g/mol. The fourth-order valence-electron chi connectivity index (χ4n) is 5.03. The Morgan fingerprint density at radius 1 is 1.00 bits per heavy atom. The van der Waals surface area contributed by atoms with Gasteiger partial charge in [-0.05, 0) is 51.9 Å². The molecule has 1 heterocycles. The number of fused-ring (bicyclic) bond motifs is 4. The SMILES string of the molecule is COC(=O)c1ccc(C2Nc3ccc4ccccc4c3C3=C2CC(C)(C)CC3=O)cc1. The average molecular weight is 412 g/mol. The molecule has 156 valence electrons. The van der Waals surface area contributed by atoms with Gasteiger partial charge in [-0.1, -0.05) is 56.3 Å². The summed E-state index contributed by atoms with van der Waals surface area (Å²) in [5, 5.41) is 5.94. The lowest BCUT2D eigenvalue weighted by atomic mass is 9.68. The van der Waals surface area contributed by atoms with Gasteiger partial charge in [0.15, 0.2) is 5.78 Å². The van der Waals surface area contributed by atoms with Crippen molar-refractivity contribution in [2.45, 2.75) is 32.7 Å². The van der Waals surface area contributed by atoms with Crippen LogP contribution in [0.5, 0.6) is 0 Å². The van der Waals surface area contributed by atoms with E-state index in [1.807, 2.05) is 24.3 Å². The molecule has 3 aromatic carbocycles. The minimum Gasteiger partial charge on any atom is -0.465 e. The van der Waals surface area contributed by atoms with E-state index >= 15 is 0 Å². The summed E-state index contributed by atoms with van der Waals surface area (Å²) >= 11 is 0. The van der Waals surface area contributed by atoms with Crippen LogP contribution in [0.25, 0.3) is 16.3 Å². The molecule has 1 aliphatic heterocycles. The number of carbonyl (C=O) groups is 2. The largest absolute Gasteiger partial charge is 0.465 e. The van der Waals surface area contributed by atoms with Gasteiger partial charge in [0.1, 0.15) is 0 Å². The first-order valence-corrected chi connectivity index (χ1v) is 10.6. The zero-order valence-electron chi connectivity index (χ0n) is 18.0. The topological polar surface area (TPSA) is 55.4 Å². The number of hydrogen-bond acceptors (Lipinski definition) is 4. The first-order chi connectivity index (χ1) is 14.9. The van der Waals surface area contributed by atoms with Crippen molar-refractivity contribution in [1.29, 1.82) is 0 Å². The van der Waals surface area contributed by atoms with Gasteiger partial charge in [-0.2, -0.15) is 0 Å². The third-order valence-corrected chi connectivity index (χ3v) is 6.40. The Bertz CT molecular complexity index is 1250. The smallest absolute Gasteiger partial charge is 0.337 e. The third kappa shape index (κ3) is 3.23. The van der Waals surface area contributed by atoms with Crippen molar-refractivity contribution in [3.63, 3.8) is 0 Å². The molecule has 4 heteroatoms. The third-order valence-electron chi connectivity index (χ3n) is 6.40. The normalized spacial score (nSPS) is 19.5. The summed E-state index contributed by atoms with van der Waals surface area (Å²) in [5.41, 5.74) is 5.46. The molecule has 0 saturated heterocycles. The lowest BCUT2D eigenvalue weighted by Crippen LogP contribution is -2.32. The van der Waals surface area contributed by atoms with E-state index in [2.05, 4.69) is 43.4 Å². The number of ketones is 1. The fourth-order valence-corrected chi connectivity index (χ4v) is 5.03. The van der Waals surface area contributed by atoms with Crippen LogP contribution in [0.3, 0.4) is 0 Å². The molecule has 1 unspecified atom stereocenters. The number of esters is 1. The fraction of sp³-hybridized carbons (Fsp3) is 0.259. The van der Waals surface area contributed by atoms with E-state index in [9.17, 15) is 9.59 Å². The summed E-state index contributed by atoms with van der Waals surface area (Å²) in [6.07, 6.45) is 1.38. The zero-order valence-corrected chi connectivity index (χ0v) is 18.0. The van der Waals surface area contributed by atoms with E-state index < -0.39 is 0 Å². The Morgan fingerprint density at radius 3 is 2.48 bits per heavy atom. The minimum atomic E-state index is -0.353.